The summed E-state index contributed by atoms with van der Waals surface area (Å²) in [6.07, 6.45) is 3.63. The summed E-state index contributed by atoms with van der Waals surface area (Å²) in [6.45, 7) is 9.22. The van der Waals surface area contributed by atoms with Crippen molar-refractivity contribution in [1.82, 2.24) is 19.9 Å². The number of nitrogens with zero attached hydrogens (tertiary/aromatic N) is 3. The maximum Gasteiger partial charge on any atom is 0.251 e. The molecule has 2 heterocycles. The van der Waals surface area contributed by atoms with E-state index in [1.807, 2.05) is 23.7 Å². The molecular weight excluding hydrogens is 408 g/mol. The highest BCUT2D eigenvalue weighted by Gasteiger charge is 2.20. The zero-order valence-electron chi connectivity index (χ0n) is 19.2. The largest absolute Gasteiger partial charge is 0.383 e. The van der Waals surface area contributed by atoms with Gasteiger partial charge in [-0.05, 0) is 43.4 Å². The van der Waals surface area contributed by atoms with Crippen LogP contribution >= 0.6 is 11.3 Å². The Morgan fingerprint density at radius 1 is 1.26 bits per heavy atom. The van der Waals surface area contributed by atoms with Crippen LogP contribution in [0, 0.1) is 5.92 Å². The Balaban J connectivity index is 1.93. The van der Waals surface area contributed by atoms with E-state index >= 15 is 0 Å². The third-order valence-corrected chi connectivity index (χ3v) is 6.25. The SMILES string of the molecule is CCC(CC)n1c(Cc2cscn2)nc2cc(C(=O)NC(COC)CC(C)C)ccc21. The molecule has 168 valence electrons. The van der Waals surface area contributed by atoms with Gasteiger partial charge in [-0.2, -0.15) is 0 Å². The molecule has 0 aliphatic rings. The third-order valence-electron chi connectivity index (χ3n) is 5.61. The van der Waals surface area contributed by atoms with Crippen LogP contribution in [0.3, 0.4) is 0 Å². The molecule has 1 amide bonds. The average molecular weight is 443 g/mol. The van der Waals surface area contributed by atoms with Crippen LogP contribution in [0.1, 0.15) is 74.9 Å². The number of ether oxygens (including phenoxy) is 1. The highest BCUT2D eigenvalue weighted by molar-refractivity contribution is 7.07. The fourth-order valence-corrected chi connectivity index (χ4v) is 4.73. The minimum Gasteiger partial charge on any atom is -0.383 e. The van der Waals surface area contributed by atoms with E-state index in [1.54, 1.807) is 18.4 Å². The summed E-state index contributed by atoms with van der Waals surface area (Å²) in [5.41, 5.74) is 5.45. The lowest BCUT2D eigenvalue weighted by atomic mass is 10.0. The Bertz CT molecular complexity index is 977. The molecule has 0 radical (unpaired) electrons. The molecule has 2 aromatic heterocycles. The number of fused-ring (bicyclic) bond motifs is 1. The third kappa shape index (κ3) is 5.71. The molecule has 1 N–H and O–H groups in total. The molecule has 0 spiro atoms. The number of carbonyl (C=O) groups excluding carboxylic acids is 1. The maximum atomic E-state index is 12.9. The smallest absolute Gasteiger partial charge is 0.251 e. The minimum atomic E-state index is -0.0808. The fraction of sp³-hybridized carbons (Fsp3) is 0.542. The van der Waals surface area contributed by atoms with Gasteiger partial charge in [0.25, 0.3) is 5.91 Å². The van der Waals surface area contributed by atoms with Gasteiger partial charge in [0.2, 0.25) is 0 Å². The summed E-state index contributed by atoms with van der Waals surface area (Å²) in [5, 5.41) is 5.20. The highest BCUT2D eigenvalue weighted by Crippen LogP contribution is 2.27. The van der Waals surface area contributed by atoms with Crippen LogP contribution in [-0.2, 0) is 11.2 Å². The first-order chi connectivity index (χ1) is 15.0. The van der Waals surface area contributed by atoms with Crippen molar-refractivity contribution in [3.8, 4) is 0 Å². The first-order valence-electron chi connectivity index (χ1n) is 11.1. The summed E-state index contributed by atoms with van der Waals surface area (Å²) in [6, 6.07) is 6.22. The number of carbonyl (C=O) groups is 1. The van der Waals surface area contributed by atoms with Crippen molar-refractivity contribution < 1.29 is 9.53 Å². The van der Waals surface area contributed by atoms with Crippen molar-refractivity contribution in [2.24, 2.45) is 5.92 Å². The van der Waals surface area contributed by atoms with Crippen molar-refractivity contribution in [3.05, 3.63) is 46.2 Å². The number of nitrogens with one attached hydrogen (secondary N) is 1. The van der Waals surface area contributed by atoms with Crippen molar-refractivity contribution in [2.45, 2.75) is 65.5 Å². The lowest BCUT2D eigenvalue weighted by Gasteiger charge is -2.20. The predicted molar refractivity (Wildman–Crippen MR) is 127 cm³/mol. The topological polar surface area (TPSA) is 69.0 Å². The van der Waals surface area contributed by atoms with Crippen LogP contribution in [0.25, 0.3) is 11.0 Å². The average Bonchev–Trinajstić information content (AvgIpc) is 3.36. The van der Waals surface area contributed by atoms with Crippen LogP contribution in [0.5, 0.6) is 0 Å². The van der Waals surface area contributed by atoms with E-state index in [0.29, 0.717) is 30.6 Å². The van der Waals surface area contributed by atoms with Crippen LogP contribution in [0.15, 0.2) is 29.1 Å². The minimum absolute atomic E-state index is 0.00413. The van der Waals surface area contributed by atoms with Gasteiger partial charge in [0.05, 0.1) is 34.9 Å². The summed E-state index contributed by atoms with van der Waals surface area (Å²) >= 11 is 1.60. The van der Waals surface area contributed by atoms with Gasteiger partial charge < -0.3 is 14.6 Å². The van der Waals surface area contributed by atoms with Gasteiger partial charge >= 0.3 is 0 Å². The molecular formula is C24H34N4O2S. The Morgan fingerprint density at radius 3 is 2.65 bits per heavy atom. The van der Waals surface area contributed by atoms with Gasteiger partial charge in [-0.3, -0.25) is 4.79 Å². The van der Waals surface area contributed by atoms with Gasteiger partial charge in [0.15, 0.2) is 0 Å². The second-order valence-electron chi connectivity index (χ2n) is 8.48. The zero-order valence-corrected chi connectivity index (χ0v) is 20.0. The summed E-state index contributed by atoms with van der Waals surface area (Å²) in [7, 11) is 1.67. The molecule has 1 aromatic carbocycles. The number of hydrogen-bond acceptors (Lipinski definition) is 5. The van der Waals surface area contributed by atoms with Crippen LogP contribution < -0.4 is 5.32 Å². The monoisotopic (exact) mass is 442 g/mol. The summed E-state index contributed by atoms with van der Waals surface area (Å²) in [4.78, 5) is 22.3. The Labute approximate surface area is 189 Å². The van der Waals surface area contributed by atoms with Gasteiger partial charge in [0, 0.05) is 30.5 Å². The fourth-order valence-electron chi connectivity index (χ4n) is 4.17. The predicted octanol–water partition coefficient (Wildman–Crippen LogP) is 5.24. The second kappa shape index (κ2) is 10.9. The van der Waals surface area contributed by atoms with E-state index in [2.05, 4.69) is 47.9 Å². The number of benzene rings is 1. The van der Waals surface area contributed by atoms with Crippen molar-refractivity contribution in [2.75, 3.05) is 13.7 Å². The van der Waals surface area contributed by atoms with Crippen LogP contribution in [0.2, 0.25) is 0 Å². The Kier molecular flexibility index (Phi) is 8.21. The van der Waals surface area contributed by atoms with E-state index in [0.717, 1.165) is 41.8 Å². The summed E-state index contributed by atoms with van der Waals surface area (Å²) < 4.78 is 7.63. The lowest BCUT2D eigenvalue weighted by Crippen LogP contribution is -2.38. The summed E-state index contributed by atoms with van der Waals surface area (Å²) in [5.74, 6) is 1.40. The van der Waals surface area contributed by atoms with Gasteiger partial charge in [0.1, 0.15) is 5.82 Å². The number of imidazole rings is 1. The first-order valence-corrected chi connectivity index (χ1v) is 12.1. The van der Waals surface area contributed by atoms with Crippen LogP contribution in [-0.4, -0.2) is 40.2 Å². The Morgan fingerprint density at radius 2 is 2.03 bits per heavy atom. The number of thiazole rings is 1. The highest BCUT2D eigenvalue weighted by atomic mass is 32.1. The van der Waals surface area contributed by atoms with E-state index in [4.69, 9.17) is 9.72 Å². The molecule has 31 heavy (non-hydrogen) atoms. The molecule has 0 aliphatic carbocycles. The van der Waals surface area contributed by atoms with Gasteiger partial charge in [-0.1, -0.05) is 27.7 Å². The standard InChI is InChI=1S/C24H34N4O2S/c1-6-20(7-2)28-22-9-8-17(24(29)26-18(13-30-5)10-16(3)4)11-21(22)27-23(28)12-19-14-31-15-25-19/h8-9,11,14-16,18,20H,6-7,10,12-13H2,1-5H3,(H,26,29). The first kappa shape index (κ1) is 23.4. The molecule has 0 aliphatic heterocycles. The van der Waals surface area contributed by atoms with E-state index in [-0.39, 0.29) is 11.9 Å². The van der Waals surface area contributed by atoms with Crippen molar-refractivity contribution in [3.63, 3.8) is 0 Å². The van der Waals surface area contributed by atoms with E-state index in [1.165, 1.54) is 0 Å². The lowest BCUT2D eigenvalue weighted by molar-refractivity contribution is 0.0884. The van der Waals surface area contributed by atoms with Gasteiger partial charge in [-0.25, -0.2) is 9.97 Å². The normalized spacial score (nSPS) is 12.7. The molecule has 3 rings (SSSR count). The van der Waals surface area contributed by atoms with Gasteiger partial charge in [-0.15, -0.1) is 11.3 Å². The van der Waals surface area contributed by atoms with E-state index < -0.39 is 0 Å². The molecule has 0 saturated heterocycles. The molecule has 0 fully saturated rings. The number of amides is 1. The maximum absolute atomic E-state index is 12.9. The quantitative estimate of drug-likeness (QED) is 0.441. The molecule has 1 unspecified atom stereocenters. The number of methoxy groups -OCH3 is 1. The molecule has 7 heteroatoms. The molecule has 6 nitrogen and oxygen atoms in total. The molecule has 1 atom stereocenters. The number of rotatable bonds is 11. The molecule has 3 aromatic rings. The zero-order chi connectivity index (χ0) is 22.4. The second-order valence-corrected chi connectivity index (χ2v) is 9.20. The van der Waals surface area contributed by atoms with Crippen molar-refractivity contribution in [1.29, 1.82) is 0 Å². The number of aromatic nitrogens is 3. The Hall–Kier alpha value is -2.25. The van der Waals surface area contributed by atoms with E-state index in [9.17, 15) is 4.79 Å². The number of hydrogen-bond donors (Lipinski definition) is 1. The molecule has 0 saturated carbocycles. The van der Waals surface area contributed by atoms with Crippen molar-refractivity contribution >= 4 is 28.3 Å². The molecule has 0 bridgehead atoms. The van der Waals surface area contributed by atoms with Crippen LogP contribution in [0.4, 0.5) is 0 Å².